The quantitative estimate of drug-likeness (QED) is 0.853. The zero-order valence-corrected chi connectivity index (χ0v) is 13.9. The van der Waals surface area contributed by atoms with Gasteiger partial charge in [0.1, 0.15) is 0 Å². The third-order valence-electron chi connectivity index (χ3n) is 3.74. The standard InChI is InChI=1S/C16H24N4S/c1-4-12(2)15-14(11-17)21-16(19-15)20(3)10-8-13-7-5-6-9-18-13/h5-7,9,12H,4,8,10-11,17H2,1-3H3. The third-order valence-corrected chi connectivity index (χ3v) is 4.94. The molecule has 1 atom stereocenters. The number of aromatic nitrogens is 2. The molecule has 4 nitrogen and oxygen atoms in total. The van der Waals surface area contributed by atoms with Crippen LogP contribution in [0.1, 0.15) is 42.5 Å². The smallest absolute Gasteiger partial charge is 0.185 e. The molecule has 0 radical (unpaired) electrons. The van der Waals surface area contributed by atoms with Gasteiger partial charge in [0.25, 0.3) is 0 Å². The lowest BCUT2D eigenvalue weighted by Gasteiger charge is -2.15. The van der Waals surface area contributed by atoms with Crippen LogP contribution in [0.2, 0.25) is 0 Å². The first kappa shape index (κ1) is 15.9. The second-order valence-corrected chi connectivity index (χ2v) is 6.37. The van der Waals surface area contributed by atoms with Crippen LogP contribution in [0, 0.1) is 0 Å². The molecule has 0 saturated heterocycles. The molecule has 0 aliphatic carbocycles. The number of hydrogen-bond donors (Lipinski definition) is 1. The summed E-state index contributed by atoms with van der Waals surface area (Å²) in [6.07, 6.45) is 3.85. The maximum absolute atomic E-state index is 5.86. The molecule has 0 aromatic carbocycles. The molecule has 0 amide bonds. The molecule has 0 saturated carbocycles. The Morgan fingerprint density at radius 1 is 1.38 bits per heavy atom. The van der Waals surface area contributed by atoms with E-state index in [-0.39, 0.29) is 0 Å². The van der Waals surface area contributed by atoms with Gasteiger partial charge in [-0.15, -0.1) is 11.3 Å². The average Bonchev–Trinajstić information content (AvgIpc) is 2.97. The van der Waals surface area contributed by atoms with E-state index in [0.717, 1.165) is 30.2 Å². The van der Waals surface area contributed by atoms with Crippen LogP contribution in [-0.4, -0.2) is 23.6 Å². The maximum atomic E-state index is 5.86. The van der Waals surface area contributed by atoms with Gasteiger partial charge in [0.2, 0.25) is 0 Å². The van der Waals surface area contributed by atoms with Crippen molar-refractivity contribution in [3.63, 3.8) is 0 Å². The molecule has 2 rings (SSSR count). The largest absolute Gasteiger partial charge is 0.351 e. The number of hydrogen-bond acceptors (Lipinski definition) is 5. The van der Waals surface area contributed by atoms with Crippen LogP contribution in [0.25, 0.3) is 0 Å². The van der Waals surface area contributed by atoms with Crippen molar-refractivity contribution in [1.29, 1.82) is 0 Å². The lowest BCUT2D eigenvalue weighted by atomic mass is 10.0. The SMILES string of the molecule is CCC(C)c1nc(N(C)CCc2ccccn2)sc1CN. The molecular weight excluding hydrogens is 280 g/mol. The second kappa shape index (κ2) is 7.52. The molecule has 2 aromatic heterocycles. The highest BCUT2D eigenvalue weighted by Gasteiger charge is 2.17. The minimum Gasteiger partial charge on any atom is -0.351 e. The first-order valence-electron chi connectivity index (χ1n) is 7.46. The number of pyridine rings is 1. The summed E-state index contributed by atoms with van der Waals surface area (Å²) < 4.78 is 0. The highest BCUT2D eigenvalue weighted by molar-refractivity contribution is 7.15. The molecule has 114 valence electrons. The predicted octanol–water partition coefficient (Wildman–Crippen LogP) is 3.19. The van der Waals surface area contributed by atoms with Gasteiger partial charge in [-0.3, -0.25) is 4.98 Å². The van der Waals surface area contributed by atoms with Crippen molar-refractivity contribution in [3.05, 3.63) is 40.7 Å². The van der Waals surface area contributed by atoms with Gasteiger partial charge in [0.05, 0.1) is 5.69 Å². The van der Waals surface area contributed by atoms with Gasteiger partial charge in [-0.25, -0.2) is 4.98 Å². The number of anilines is 1. The molecule has 0 aliphatic heterocycles. The molecule has 0 fully saturated rings. The van der Waals surface area contributed by atoms with E-state index in [1.807, 2.05) is 18.3 Å². The van der Waals surface area contributed by atoms with Crippen molar-refractivity contribution in [1.82, 2.24) is 9.97 Å². The Kier molecular flexibility index (Phi) is 5.70. The van der Waals surface area contributed by atoms with E-state index in [1.165, 1.54) is 10.6 Å². The van der Waals surface area contributed by atoms with Crippen molar-refractivity contribution >= 4 is 16.5 Å². The summed E-state index contributed by atoms with van der Waals surface area (Å²) in [7, 11) is 2.09. The predicted molar refractivity (Wildman–Crippen MR) is 89.9 cm³/mol. The van der Waals surface area contributed by atoms with Crippen LogP contribution in [0.4, 0.5) is 5.13 Å². The normalized spacial score (nSPS) is 12.4. The minimum atomic E-state index is 0.470. The Labute approximate surface area is 131 Å². The summed E-state index contributed by atoms with van der Waals surface area (Å²) in [6.45, 7) is 5.89. The van der Waals surface area contributed by atoms with E-state index >= 15 is 0 Å². The van der Waals surface area contributed by atoms with Crippen LogP contribution < -0.4 is 10.6 Å². The third kappa shape index (κ3) is 4.02. The molecule has 2 aromatic rings. The van der Waals surface area contributed by atoms with E-state index in [4.69, 9.17) is 10.7 Å². The molecule has 0 spiro atoms. The van der Waals surface area contributed by atoms with Crippen molar-refractivity contribution in [2.24, 2.45) is 5.73 Å². The van der Waals surface area contributed by atoms with Crippen LogP contribution in [0.5, 0.6) is 0 Å². The van der Waals surface area contributed by atoms with Gasteiger partial charge in [-0.2, -0.15) is 0 Å². The van der Waals surface area contributed by atoms with Crippen LogP contribution >= 0.6 is 11.3 Å². The molecule has 2 heterocycles. The summed E-state index contributed by atoms with van der Waals surface area (Å²) in [5, 5.41) is 1.06. The van der Waals surface area contributed by atoms with Gasteiger partial charge in [0, 0.05) is 43.3 Å². The van der Waals surface area contributed by atoms with Gasteiger partial charge in [-0.1, -0.05) is 19.9 Å². The van der Waals surface area contributed by atoms with Gasteiger partial charge >= 0.3 is 0 Å². The fraction of sp³-hybridized carbons (Fsp3) is 0.500. The lowest BCUT2D eigenvalue weighted by Crippen LogP contribution is -2.20. The van der Waals surface area contributed by atoms with Crippen LogP contribution in [0.3, 0.4) is 0 Å². The molecule has 1 unspecified atom stereocenters. The van der Waals surface area contributed by atoms with Crippen molar-refractivity contribution in [2.75, 3.05) is 18.5 Å². The van der Waals surface area contributed by atoms with Crippen LogP contribution in [-0.2, 0) is 13.0 Å². The second-order valence-electron chi connectivity index (χ2n) is 5.31. The summed E-state index contributed by atoms with van der Waals surface area (Å²) in [5.41, 5.74) is 8.15. The zero-order valence-electron chi connectivity index (χ0n) is 13.0. The summed E-state index contributed by atoms with van der Waals surface area (Å²) in [6, 6.07) is 6.03. The van der Waals surface area contributed by atoms with E-state index in [2.05, 4.69) is 36.8 Å². The molecular formula is C16H24N4S. The molecule has 5 heteroatoms. The fourth-order valence-electron chi connectivity index (χ4n) is 2.16. The van der Waals surface area contributed by atoms with Crippen molar-refractivity contribution in [3.8, 4) is 0 Å². The first-order valence-corrected chi connectivity index (χ1v) is 8.28. The van der Waals surface area contributed by atoms with Gasteiger partial charge < -0.3 is 10.6 Å². The lowest BCUT2D eigenvalue weighted by molar-refractivity contribution is 0.701. The molecule has 0 aliphatic rings. The van der Waals surface area contributed by atoms with Gasteiger partial charge in [-0.05, 0) is 24.5 Å². The average molecular weight is 304 g/mol. The zero-order chi connectivity index (χ0) is 15.2. The molecule has 21 heavy (non-hydrogen) atoms. The number of nitrogens with two attached hydrogens (primary N) is 1. The summed E-state index contributed by atoms with van der Waals surface area (Å²) in [5.74, 6) is 0.470. The summed E-state index contributed by atoms with van der Waals surface area (Å²) >= 11 is 1.72. The van der Waals surface area contributed by atoms with Crippen molar-refractivity contribution < 1.29 is 0 Å². The minimum absolute atomic E-state index is 0.470. The van der Waals surface area contributed by atoms with Gasteiger partial charge in [0.15, 0.2) is 5.13 Å². The van der Waals surface area contributed by atoms with E-state index in [1.54, 1.807) is 11.3 Å². The monoisotopic (exact) mass is 304 g/mol. The number of thiazole rings is 1. The number of nitrogens with zero attached hydrogens (tertiary/aromatic N) is 3. The first-order chi connectivity index (χ1) is 10.2. The Balaban J connectivity index is 2.05. The Bertz CT molecular complexity index is 553. The highest BCUT2D eigenvalue weighted by Crippen LogP contribution is 2.31. The van der Waals surface area contributed by atoms with E-state index in [0.29, 0.717) is 12.5 Å². The van der Waals surface area contributed by atoms with Crippen molar-refractivity contribution in [2.45, 2.75) is 39.2 Å². The Morgan fingerprint density at radius 2 is 2.19 bits per heavy atom. The Morgan fingerprint density at radius 3 is 2.81 bits per heavy atom. The van der Waals surface area contributed by atoms with Crippen LogP contribution in [0.15, 0.2) is 24.4 Å². The number of rotatable bonds is 7. The Hall–Kier alpha value is -1.46. The maximum Gasteiger partial charge on any atom is 0.185 e. The van der Waals surface area contributed by atoms with E-state index in [9.17, 15) is 0 Å². The summed E-state index contributed by atoms with van der Waals surface area (Å²) in [4.78, 5) is 12.6. The fourth-order valence-corrected chi connectivity index (χ4v) is 3.21. The number of likely N-dealkylation sites (N-methyl/N-ethyl adjacent to an activating group) is 1. The molecule has 2 N–H and O–H groups in total. The highest BCUT2D eigenvalue weighted by atomic mass is 32.1. The van der Waals surface area contributed by atoms with E-state index < -0.39 is 0 Å². The topological polar surface area (TPSA) is 55.0 Å². The molecule has 0 bridgehead atoms.